The second-order valence-corrected chi connectivity index (χ2v) is 11.9. The third-order valence-corrected chi connectivity index (χ3v) is 8.06. The largest absolute Gasteiger partial charge is 0.258 e. The Morgan fingerprint density at radius 1 is 0.405 bits per heavy atom. The van der Waals surface area contributed by atoms with Gasteiger partial charge in [0.1, 0.15) is 0 Å². The Kier molecular flexibility index (Phi) is 24.7. The summed E-state index contributed by atoms with van der Waals surface area (Å²) in [6.45, 7) is 8.83. The highest BCUT2D eigenvalue weighted by molar-refractivity contribution is 5.24. The van der Waals surface area contributed by atoms with Gasteiger partial charge in [-0.25, -0.2) is 0 Å². The van der Waals surface area contributed by atoms with Crippen molar-refractivity contribution in [2.45, 2.75) is 194 Å². The third-order valence-electron chi connectivity index (χ3n) is 8.06. The van der Waals surface area contributed by atoms with Gasteiger partial charge in [-0.2, -0.15) is 0 Å². The second kappa shape index (κ2) is 26.7. The van der Waals surface area contributed by atoms with Gasteiger partial charge >= 0.3 is 0 Å². The molecule has 1 heterocycles. The number of aryl methyl sites for hydroxylation is 2. The molecule has 0 bridgehead atoms. The number of hydrogen-bond donors (Lipinski definition) is 0. The van der Waals surface area contributed by atoms with Crippen LogP contribution in [0.4, 0.5) is 0 Å². The molecular formula is C36H66N. The van der Waals surface area contributed by atoms with Crippen molar-refractivity contribution in [2.24, 2.45) is 0 Å². The van der Waals surface area contributed by atoms with E-state index in [1.165, 1.54) is 178 Å². The van der Waals surface area contributed by atoms with Crippen LogP contribution in [0.3, 0.4) is 0 Å². The van der Waals surface area contributed by atoms with Gasteiger partial charge < -0.3 is 0 Å². The Morgan fingerprint density at radius 2 is 0.649 bits per heavy atom. The van der Waals surface area contributed by atoms with Crippen molar-refractivity contribution in [3.8, 4) is 0 Å². The second-order valence-electron chi connectivity index (χ2n) is 11.9. The van der Waals surface area contributed by atoms with Gasteiger partial charge in [-0.1, -0.05) is 168 Å². The molecule has 1 radical (unpaired) electrons. The van der Waals surface area contributed by atoms with Gasteiger partial charge in [0.15, 0.2) is 0 Å². The topological polar surface area (TPSA) is 12.9 Å². The van der Waals surface area contributed by atoms with E-state index in [1.807, 2.05) is 0 Å². The predicted octanol–water partition coefficient (Wildman–Crippen LogP) is 12.5. The first kappa shape index (κ1) is 34.2. The predicted molar refractivity (Wildman–Crippen MR) is 167 cm³/mol. The van der Waals surface area contributed by atoms with E-state index in [0.717, 1.165) is 18.4 Å². The molecule has 0 aliphatic heterocycles. The first-order chi connectivity index (χ1) is 18.3. The van der Waals surface area contributed by atoms with E-state index in [1.54, 1.807) is 0 Å². The zero-order valence-electron chi connectivity index (χ0n) is 25.6. The quantitative estimate of drug-likeness (QED) is 0.102. The van der Waals surface area contributed by atoms with E-state index >= 15 is 0 Å². The number of hydrogen-bond acceptors (Lipinski definition) is 1. The summed E-state index contributed by atoms with van der Waals surface area (Å²) in [5, 5.41) is 0. The van der Waals surface area contributed by atoms with Crippen molar-refractivity contribution in [3.05, 3.63) is 36.0 Å². The van der Waals surface area contributed by atoms with E-state index in [9.17, 15) is 0 Å². The molecule has 37 heavy (non-hydrogen) atoms. The molecule has 0 aliphatic rings. The van der Waals surface area contributed by atoms with Crippen LogP contribution in [0, 0.1) is 6.92 Å². The molecule has 0 atom stereocenters. The molecule has 0 unspecified atom stereocenters. The molecule has 0 aliphatic carbocycles. The Labute approximate surface area is 234 Å². The molecule has 0 amide bonds. The summed E-state index contributed by atoms with van der Waals surface area (Å²) < 4.78 is 0. The SMILES string of the molecule is [CH2]c1cc(CCCCCCCCCCCCCCC)nc(CCCCCCCCCCCCCCC)c1. The Balaban J connectivity index is 1.97. The van der Waals surface area contributed by atoms with E-state index in [4.69, 9.17) is 4.98 Å². The third kappa shape index (κ3) is 22.8. The maximum absolute atomic E-state index is 4.98. The number of nitrogens with zero attached hydrogens (tertiary/aromatic N) is 1. The van der Waals surface area contributed by atoms with Crippen molar-refractivity contribution in [3.63, 3.8) is 0 Å². The average Bonchev–Trinajstić information content (AvgIpc) is 2.89. The van der Waals surface area contributed by atoms with Crippen LogP contribution in [0.5, 0.6) is 0 Å². The van der Waals surface area contributed by atoms with Crippen molar-refractivity contribution in [1.82, 2.24) is 4.98 Å². The van der Waals surface area contributed by atoms with Gasteiger partial charge in [0.05, 0.1) is 0 Å². The van der Waals surface area contributed by atoms with E-state index < -0.39 is 0 Å². The summed E-state index contributed by atoms with van der Waals surface area (Å²) in [6, 6.07) is 4.43. The van der Waals surface area contributed by atoms with Crippen molar-refractivity contribution < 1.29 is 0 Å². The standard InChI is InChI=1S/C36H66N/c1-4-6-8-10-12-14-16-18-20-22-24-26-28-30-35-32-34(3)33-36(37-35)31-29-27-25-23-21-19-17-15-13-11-9-7-5-2/h32-33H,3-31H2,1-2H3. The average molecular weight is 513 g/mol. The fourth-order valence-corrected chi connectivity index (χ4v) is 5.62. The number of rotatable bonds is 28. The summed E-state index contributed by atoms with van der Waals surface area (Å²) in [7, 11) is 0. The highest BCUT2D eigenvalue weighted by atomic mass is 14.7. The van der Waals surface area contributed by atoms with Gasteiger partial charge in [-0.15, -0.1) is 0 Å². The molecule has 1 aromatic heterocycles. The van der Waals surface area contributed by atoms with E-state index in [2.05, 4.69) is 32.9 Å². The highest BCUT2D eigenvalue weighted by Gasteiger charge is 2.03. The lowest BCUT2D eigenvalue weighted by atomic mass is 10.0. The lowest BCUT2D eigenvalue weighted by Crippen LogP contribution is -1.98. The number of unbranched alkanes of at least 4 members (excludes halogenated alkanes) is 24. The zero-order chi connectivity index (χ0) is 26.7. The molecular weight excluding hydrogens is 446 g/mol. The van der Waals surface area contributed by atoms with Gasteiger partial charge in [-0.3, -0.25) is 4.98 Å². The minimum absolute atomic E-state index is 1.13. The minimum atomic E-state index is 1.13. The van der Waals surface area contributed by atoms with Crippen molar-refractivity contribution in [2.75, 3.05) is 0 Å². The molecule has 0 saturated heterocycles. The molecule has 0 N–H and O–H groups in total. The van der Waals surface area contributed by atoms with Gasteiger partial charge in [0.25, 0.3) is 0 Å². The summed E-state index contributed by atoms with van der Waals surface area (Å²) in [5.74, 6) is 0. The molecule has 0 saturated carbocycles. The van der Waals surface area contributed by atoms with Crippen LogP contribution in [0.2, 0.25) is 0 Å². The smallest absolute Gasteiger partial charge is 0.0409 e. The molecule has 1 heteroatoms. The van der Waals surface area contributed by atoms with Crippen LogP contribution in [0.15, 0.2) is 12.1 Å². The molecule has 0 fully saturated rings. The highest BCUT2D eigenvalue weighted by Crippen LogP contribution is 2.16. The summed E-state index contributed by atoms with van der Waals surface area (Å²) in [6.07, 6.45) is 39.0. The summed E-state index contributed by atoms with van der Waals surface area (Å²) in [5.41, 5.74) is 3.71. The first-order valence-corrected chi connectivity index (χ1v) is 17.1. The lowest BCUT2D eigenvalue weighted by molar-refractivity contribution is 0.537. The fourth-order valence-electron chi connectivity index (χ4n) is 5.62. The molecule has 1 rings (SSSR count). The minimum Gasteiger partial charge on any atom is -0.258 e. The van der Waals surface area contributed by atoms with Crippen LogP contribution in [0.1, 0.15) is 198 Å². The Morgan fingerprint density at radius 3 is 0.919 bits per heavy atom. The summed E-state index contributed by atoms with van der Waals surface area (Å²) in [4.78, 5) is 4.98. The zero-order valence-corrected chi connectivity index (χ0v) is 25.6. The van der Waals surface area contributed by atoms with E-state index in [0.29, 0.717) is 0 Å². The first-order valence-electron chi connectivity index (χ1n) is 17.1. The lowest BCUT2D eigenvalue weighted by Gasteiger charge is -2.08. The number of pyridine rings is 1. The Hall–Kier alpha value is -0.850. The molecule has 1 aromatic rings. The van der Waals surface area contributed by atoms with Crippen LogP contribution in [0.25, 0.3) is 0 Å². The van der Waals surface area contributed by atoms with Crippen molar-refractivity contribution >= 4 is 0 Å². The maximum atomic E-state index is 4.98. The molecule has 1 nitrogen and oxygen atoms in total. The summed E-state index contributed by atoms with van der Waals surface area (Å²) >= 11 is 0. The van der Waals surface area contributed by atoms with E-state index in [-0.39, 0.29) is 0 Å². The molecule has 215 valence electrons. The van der Waals surface area contributed by atoms with Crippen LogP contribution >= 0.6 is 0 Å². The van der Waals surface area contributed by atoms with Gasteiger partial charge in [0.2, 0.25) is 0 Å². The monoisotopic (exact) mass is 513 g/mol. The fraction of sp³-hybridized carbons (Fsp3) is 0.833. The normalized spacial score (nSPS) is 11.4. The maximum Gasteiger partial charge on any atom is 0.0409 e. The van der Waals surface area contributed by atoms with Gasteiger partial charge in [-0.05, 0) is 50.3 Å². The van der Waals surface area contributed by atoms with Gasteiger partial charge in [0, 0.05) is 11.4 Å². The van der Waals surface area contributed by atoms with Crippen LogP contribution < -0.4 is 0 Å². The number of aromatic nitrogens is 1. The van der Waals surface area contributed by atoms with Crippen LogP contribution in [-0.4, -0.2) is 4.98 Å². The Bertz CT molecular complexity index is 544. The molecule has 0 spiro atoms. The van der Waals surface area contributed by atoms with Crippen molar-refractivity contribution in [1.29, 1.82) is 0 Å². The molecule has 0 aromatic carbocycles. The van der Waals surface area contributed by atoms with Crippen LogP contribution in [-0.2, 0) is 12.8 Å².